The maximum absolute atomic E-state index is 11.7. The molecule has 1 aliphatic heterocycles. The first-order valence-electron chi connectivity index (χ1n) is 10.2. The number of nitrogens with zero attached hydrogens (tertiary/aromatic N) is 4. The number of methoxy groups -OCH3 is 3. The molecular formula is C23H22N4O7S. The smallest absolute Gasteiger partial charge is 0.282 e. The number of nitro benzene ring substituents is 1. The third kappa shape index (κ3) is 4.68. The molecule has 0 saturated carbocycles. The van der Waals surface area contributed by atoms with Gasteiger partial charge in [0.15, 0.2) is 23.0 Å². The van der Waals surface area contributed by atoms with Crippen molar-refractivity contribution in [2.45, 2.75) is 0 Å². The lowest BCUT2D eigenvalue weighted by Crippen LogP contribution is -2.13. The number of thiazole rings is 1. The second-order valence-electron chi connectivity index (χ2n) is 7.02. The quantitative estimate of drug-likeness (QED) is 0.190. The molecule has 11 nitrogen and oxygen atoms in total. The summed E-state index contributed by atoms with van der Waals surface area (Å²) >= 11 is 1.36. The van der Waals surface area contributed by atoms with Gasteiger partial charge in [-0.05, 0) is 18.2 Å². The molecule has 0 fully saturated rings. The van der Waals surface area contributed by atoms with Crippen LogP contribution in [0.4, 0.5) is 5.69 Å². The highest BCUT2D eigenvalue weighted by molar-refractivity contribution is 7.07. The Morgan fingerprint density at radius 1 is 1.14 bits per heavy atom. The Kier molecular flexibility index (Phi) is 7.01. The van der Waals surface area contributed by atoms with Gasteiger partial charge in [0, 0.05) is 10.9 Å². The number of fused-ring (bicyclic) bond motifs is 1. The predicted molar refractivity (Wildman–Crippen MR) is 130 cm³/mol. The van der Waals surface area contributed by atoms with E-state index in [2.05, 4.69) is 16.7 Å². The lowest BCUT2D eigenvalue weighted by Gasteiger charge is -2.14. The van der Waals surface area contributed by atoms with E-state index in [1.165, 1.54) is 51.0 Å². The fourth-order valence-electron chi connectivity index (χ4n) is 3.42. The summed E-state index contributed by atoms with van der Waals surface area (Å²) in [6.07, 6.45) is 3.05. The predicted octanol–water partition coefficient (Wildman–Crippen LogP) is 3.85. The molecule has 182 valence electrons. The van der Waals surface area contributed by atoms with Gasteiger partial charge in [0.2, 0.25) is 17.3 Å². The Morgan fingerprint density at radius 2 is 1.83 bits per heavy atom. The van der Waals surface area contributed by atoms with Gasteiger partial charge in [-0.25, -0.2) is 4.68 Å². The highest BCUT2D eigenvalue weighted by Crippen LogP contribution is 2.41. The number of rotatable bonds is 9. The van der Waals surface area contributed by atoms with Gasteiger partial charge >= 0.3 is 0 Å². The average molecular weight is 499 g/mol. The monoisotopic (exact) mass is 498 g/mol. The molecule has 35 heavy (non-hydrogen) atoms. The third-order valence-electron chi connectivity index (χ3n) is 5.03. The maximum Gasteiger partial charge on any atom is 0.282 e. The van der Waals surface area contributed by atoms with Gasteiger partial charge in [0.25, 0.3) is 5.69 Å². The lowest BCUT2D eigenvalue weighted by molar-refractivity contribution is -0.385. The molecule has 0 saturated heterocycles. The molecule has 0 radical (unpaired) electrons. The zero-order chi connectivity index (χ0) is 24.9. The first-order valence-corrected chi connectivity index (χ1v) is 11.1. The Morgan fingerprint density at radius 3 is 2.43 bits per heavy atom. The van der Waals surface area contributed by atoms with Crippen LogP contribution in [-0.2, 0) is 0 Å². The van der Waals surface area contributed by atoms with Crippen molar-refractivity contribution < 1.29 is 28.6 Å². The first kappa shape index (κ1) is 23.8. The molecule has 2 aromatic carbocycles. The number of nitro groups is 1. The van der Waals surface area contributed by atoms with Crippen molar-refractivity contribution in [1.82, 2.24) is 4.68 Å². The van der Waals surface area contributed by atoms with Crippen molar-refractivity contribution in [2.75, 3.05) is 34.7 Å². The summed E-state index contributed by atoms with van der Waals surface area (Å²) in [5.74, 6) is 2.13. The van der Waals surface area contributed by atoms with E-state index in [1.54, 1.807) is 22.9 Å². The van der Waals surface area contributed by atoms with E-state index in [-0.39, 0.29) is 18.0 Å². The van der Waals surface area contributed by atoms with Crippen LogP contribution < -0.4 is 28.5 Å². The van der Waals surface area contributed by atoms with Crippen LogP contribution in [0.25, 0.3) is 11.3 Å². The largest absolute Gasteiger partial charge is 0.493 e. The molecule has 1 aromatic heterocycles. The van der Waals surface area contributed by atoms with Gasteiger partial charge in [0.05, 0.1) is 56.3 Å². The van der Waals surface area contributed by atoms with Crippen molar-refractivity contribution in [3.05, 3.63) is 62.8 Å². The summed E-state index contributed by atoms with van der Waals surface area (Å²) in [6.45, 7) is 4.08. The van der Waals surface area contributed by atoms with Crippen molar-refractivity contribution in [3.63, 3.8) is 0 Å². The third-order valence-corrected chi connectivity index (χ3v) is 5.89. The maximum atomic E-state index is 11.7. The molecule has 2 heterocycles. The minimum Gasteiger partial charge on any atom is -0.493 e. The topological polar surface area (TPSA) is 119 Å². The van der Waals surface area contributed by atoms with E-state index in [1.807, 2.05) is 5.38 Å². The number of aromatic nitrogens is 1. The molecule has 0 spiro atoms. The van der Waals surface area contributed by atoms with E-state index < -0.39 is 4.92 Å². The Bertz CT molecular complexity index is 1350. The fraction of sp³-hybridized carbons (Fsp3) is 0.217. The molecule has 12 heteroatoms. The van der Waals surface area contributed by atoms with Crippen molar-refractivity contribution in [1.29, 1.82) is 0 Å². The normalized spacial score (nSPS) is 12.7. The molecule has 0 bridgehead atoms. The number of hydrogen-bond acceptors (Lipinski definition) is 10. The van der Waals surface area contributed by atoms with E-state index >= 15 is 0 Å². The second-order valence-corrected chi connectivity index (χ2v) is 7.86. The second kappa shape index (κ2) is 10.3. The number of benzene rings is 2. The summed E-state index contributed by atoms with van der Waals surface area (Å²) in [5.41, 5.74) is 1.47. The van der Waals surface area contributed by atoms with Crippen molar-refractivity contribution >= 4 is 23.2 Å². The molecule has 3 aromatic rings. The average Bonchev–Trinajstić information content (AvgIpc) is 3.50. The Balaban J connectivity index is 1.87. The molecule has 0 unspecified atom stereocenters. The summed E-state index contributed by atoms with van der Waals surface area (Å²) in [6, 6.07) is 6.42. The number of ether oxygens (including phenoxy) is 5. The zero-order valence-corrected chi connectivity index (χ0v) is 20.0. The van der Waals surface area contributed by atoms with E-state index in [0.29, 0.717) is 51.4 Å². The molecule has 0 aliphatic carbocycles. The first-order chi connectivity index (χ1) is 17.0. The van der Waals surface area contributed by atoms with Crippen LogP contribution in [0.2, 0.25) is 0 Å². The molecule has 4 rings (SSSR count). The SMILES string of the molecule is C=CCN=c1scc(-c2cc(OC)c(OC)c(OC)c2)n1N=Cc1cc2c(cc1[N+](=O)[O-])OCO2. The Labute approximate surface area is 204 Å². The van der Waals surface area contributed by atoms with Crippen molar-refractivity contribution in [2.24, 2.45) is 10.1 Å². The van der Waals surface area contributed by atoms with Crippen LogP contribution in [0.15, 0.2) is 52.4 Å². The van der Waals surface area contributed by atoms with Gasteiger partial charge in [0.1, 0.15) is 0 Å². The van der Waals surface area contributed by atoms with E-state index in [4.69, 9.17) is 23.7 Å². The van der Waals surface area contributed by atoms with Crippen LogP contribution in [0.3, 0.4) is 0 Å². The summed E-state index contributed by atoms with van der Waals surface area (Å²) in [5, 5.41) is 18.1. The highest BCUT2D eigenvalue weighted by atomic mass is 32.1. The van der Waals surface area contributed by atoms with Gasteiger partial charge < -0.3 is 23.7 Å². The summed E-state index contributed by atoms with van der Waals surface area (Å²) in [7, 11) is 4.59. The fourth-order valence-corrected chi connectivity index (χ4v) is 4.26. The molecular weight excluding hydrogens is 476 g/mol. The molecule has 0 atom stereocenters. The van der Waals surface area contributed by atoms with E-state index in [9.17, 15) is 10.1 Å². The van der Waals surface area contributed by atoms with Crippen LogP contribution >= 0.6 is 11.3 Å². The van der Waals surface area contributed by atoms with Gasteiger partial charge in [-0.2, -0.15) is 5.10 Å². The number of hydrogen-bond donors (Lipinski definition) is 0. The van der Waals surface area contributed by atoms with Crippen LogP contribution in [0, 0.1) is 10.1 Å². The van der Waals surface area contributed by atoms with Gasteiger partial charge in [-0.3, -0.25) is 15.1 Å². The minimum absolute atomic E-state index is 0.00221. The molecule has 0 amide bonds. The summed E-state index contributed by atoms with van der Waals surface area (Å²) in [4.78, 5) is 16.2. The summed E-state index contributed by atoms with van der Waals surface area (Å²) < 4.78 is 28.6. The standard InChI is InChI=1S/C23H22N4O7S/c1-5-6-24-23-26(25-11-15-9-18-19(34-13-33-18)10-16(15)27(28)29)17(12-35-23)14-7-20(30-2)22(32-4)21(8-14)31-3/h5,7-12H,1,6,13H2,2-4H3. The van der Waals surface area contributed by atoms with E-state index in [0.717, 1.165) is 0 Å². The van der Waals surface area contributed by atoms with Gasteiger partial charge in [-0.15, -0.1) is 17.9 Å². The van der Waals surface area contributed by atoms with Crippen molar-refractivity contribution in [3.8, 4) is 40.0 Å². The van der Waals surface area contributed by atoms with Crippen LogP contribution in [0.5, 0.6) is 28.7 Å². The van der Waals surface area contributed by atoms with Crippen LogP contribution in [0.1, 0.15) is 5.56 Å². The van der Waals surface area contributed by atoms with Crippen LogP contribution in [-0.4, -0.2) is 50.5 Å². The highest BCUT2D eigenvalue weighted by Gasteiger charge is 2.23. The minimum atomic E-state index is -0.495. The lowest BCUT2D eigenvalue weighted by atomic mass is 10.1. The molecule has 1 aliphatic rings. The zero-order valence-electron chi connectivity index (χ0n) is 19.2. The molecule has 0 N–H and O–H groups in total. The van der Waals surface area contributed by atoms with Gasteiger partial charge in [-0.1, -0.05) is 6.08 Å². The Hall–Kier alpha value is -4.32.